The molecule has 0 amide bonds. The lowest BCUT2D eigenvalue weighted by molar-refractivity contribution is 0.0993. The first-order valence-corrected chi connectivity index (χ1v) is 7.47. The number of carbonyl (C=O) groups is 1. The predicted octanol–water partition coefficient (Wildman–Crippen LogP) is 0.193. The molecule has 0 aliphatic rings. The molecule has 0 radical (unpaired) electrons. The van der Waals surface area contributed by atoms with E-state index >= 15 is 0 Å². The molecule has 1 aromatic carbocycles. The van der Waals surface area contributed by atoms with Crippen LogP contribution in [0.3, 0.4) is 0 Å². The zero-order valence-electron chi connectivity index (χ0n) is 9.61. The van der Waals surface area contributed by atoms with Crippen LogP contribution in [0.1, 0.15) is 15.4 Å². The third-order valence-electron chi connectivity index (χ3n) is 2.26. The van der Waals surface area contributed by atoms with E-state index in [0.717, 1.165) is 11.3 Å². The van der Waals surface area contributed by atoms with Gasteiger partial charge >= 0.3 is 0 Å². The van der Waals surface area contributed by atoms with Gasteiger partial charge in [0.15, 0.2) is 5.78 Å². The number of benzene rings is 1. The molecular formula is C10H10N4O3S2. The number of primary sulfonamides is 1. The van der Waals surface area contributed by atoms with E-state index in [2.05, 4.69) is 10.2 Å². The van der Waals surface area contributed by atoms with Gasteiger partial charge in [0.1, 0.15) is 5.01 Å². The summed E-state index contributed by atoms with van der Waals surface area (Å²) in [5.41, 5.74) is 6.41. The van der Waals surface area contributed by atoms with Crippen molar-refractivity contribution in [3.63, 3.8) is 0 Å². The van der Waals surface area contributed by atoms with Crippen LogP contribution in [0.15, 0.2) is 28.6 Å². The van der Waals surface area contributed by atoms with E-state index in [-0.39, 0.29) is 21.6 Å². The smallest absolute Gasteiger partial charge is 0.267 e. The highest BCUT2D eigenvalue weighted by molar-refractivity contribution is 7.91. The fourth-order valence-electron chi connectivity index (χ4n) is 1.41. The van der Waals surface area contributed by atoms with E-state index in [4.69, 9.17) is 10.9 Å². The molecule has 7 nitrogen and oxygen atoms in total. The number of anilines is 1. The summed E-state index contributed by atoms with van der Waals surface area (Å²) < 4.78 is 21.8. The minimum absolute atomic E-state index is 0.0681. The Balaban J connectivity index is 2.21. The van der Waals surface area contributed by atoms with E-state index < -0.39 is 10.0 Å². The van der Waals surface area contributed by atoms with Gasteiger partial charge in [-0.3, -0.25) is 4.79 Å². The van der Waals surface area contributed by atoms with Gasteiger partial charge in [-0.1, -0.05) is 23.5 Å². The number of rotatable bonds is 4. The summed E-state index contributed by atoms with van der Waals surface area (Å²) in [5, 5.41) is 12.2. The molecule has 0 spiro atoms. The van der Waals surface area contributed by atoms with Gasteiger partial charge in [0.2, 0.25) is 4.34 Å². The van der Waals surface area contributed by atoms with E-state index in [0.29, 0.717) is 11.3 Å². The Labute approximate surface area is 113 Å². The molecule has 0 aliphatic heterocycles. The lowest BCUT2D eigenvalue weighted by Gasteiger charge is -2.01. The molecular weight excluding hydrogens is 288 g/mol. The van der Waals surface area contributed by atoms with Gasteiger partial charge in [0.05, 0.1) is 6.42 Å². The quantitative estimate of drug-likeness (QED) is 0.612. The number of para-hydroxylation sites is 1. The topological polar surface area (TPSA) is 129 Å². The van der Waals surface area contributed by atoms with Crippen molar-refractivity contribution < 1.29 is 13.2 Å². The first-order chi connectivity index (χ1) is 8.88. The number of ketones is 1. The van der Waals surface area contributed by atoms with Crippen molar-refractivity contribution in [3.8, 4) is 0 Å². The number of nitrogen functional groups attached to an aromatic ring is 1. The Hall–Kier alpha value is -1.84. The molecule has 2 rings (SSSR count). The van der Waals surface area contributed by atoms with Crippen molar-refractivity contribution in [2.45, 2.75) is 10.8 Å². The summed E-state index contributed by atoms with van der Waals surface area (Å²) >= 11 is 0.772. The largest absolute Gasteiger partial charge is 0.398 e. The van der Waals surface area contributed by atoms with E-state index in [9.17, 15) is 13.2 Å². The highest BCUT2D eigenvalue weighted by atomic mass is 32.2. The fraction of sp³-hybridized carbons (Fsp3) is 0.100. The van der Waals surface area contributed by atoms with Crippen molar-refractivity contribution in [1.29, 1.82) is 0 Å². The Morgan fingerprint density at radius 3 is 2.53 bits per heavy atom. The number of carbonyl (C=O) groups excluding carboxylic acids is 1. The summed E-state index contributed by atoms with van der Waals surface area (Å²) in [6.07, 6.45) is -0.0681. The van der Waals surface area contributed by atoms with Gasteiger partial charge in [-0.25, -0.2) is 13.6 Å². The standard InChI is InChI=1S/C10H10N4O3S2/c11-7-4-2-1-3-6(7)8(15)5-9-13-14-10(18-9)19(12,16)17/h1-4H,5,11H2,(H2,12,16,17). The highest BCUT2D eigenvalue weighted by Crippen LogP contribution is 2.18. The number of sulfonamides is 1. The fourth-order valence-corrected chi connectivity index (χ4v) is 2.88. The monoisotopic (exact) mass is 298 g/mol. The maximum Gasteiger partial charge on any atom is 0.267 e. The molecule has 19 heavy (non-hydrogen) atoms. The van der Waals surface area contributed by atoms with E-state index in [1.54, 1.807) is 24.3 Å². The number of nitrogens with two attached hydrogens (primary N) is 2. The van der Waals surface area contributed by atoms with E-state index in [1.807, 2.05) is 0 Å². The van der Waals surface area contributed by atoms with Crippen LogP contribution >= 0.6 is 11.3 Å². The molecule has 4 N–H and O–H groups in total. The first kappa shape index (κ1) is 13.6. The Kier molecular flexibility index (Phi) is 3.60. The second kappa shape index (κ2) is 5.03. The average Bonchev–Trinajstić information content (AvgIpc) is 2.77. The van der Waals surface area contributed by atoms with Crippen LogP contribution in [0.4, 0.5) is 5.69 Å². The van der Waals surface area contributed by atoms with Crippen molar-refractivity contribution in [1.82, 2.24) is 10.2 Å². The predicted molar refractivity (Wildman–Crippen MR) is 70.2 cm³/mol. The van der Waals surface area contributed by atoms with Crippen molar-refractivity contribution >= 4 is 32.8 Å². The zero-order valence-corrected chi connectivity index (χ0v) is 11.2. The van der Waals surface area contributed by atoms with Crippen molar-refractivity contribution in [2.24, 2.45) is 5.14 Å². The maximum absolute atomic E-state index is 12.0. The third-order valence-corrected chi connectivity index (χ3v) is 4.50. The minimum atomic E-state index is -3.88. The third kappa shape index (κ3) is 3.13. The molecule has 0 saturated heterocycles. The SMILES string of the molecule is Nc1ccccc1C(=O)Cc1nnc(S(N)(=O)=O)s1. The second-order valence-corrected chi connectivity index (χ2v) is 6.49. The summed E-state index contributed by atoms with van der Waals surface area (Å²) in [7, 11) is -3.88. The highest BCUT2D eigenvalue weighted by Gasteiger charge is 2.18. The number of hydrogen-bond acceptors (Lipinski definition) is 7. The lowest BCUT2D eigenvalue weighted by atomic mass is 10.1. The molecule has 1 heterocycles. The van der Waals surface area contributed by atoms with Crippen LogP contribution in [-0.4, -0.2) is 24.4 Å². The molecule has 0 fully saturated rings. The van der Waals surface area contributed by atoms with Gasteiger partial charge < -0.3 is 5.73 Å². The second-order valence-electron chi connectivity index (χ2n) is 3.69. The number of nitrogens with zero attached hydrogens (tertiary/aromatic N) is 2. The Bertz CT molecular complexity index is 724. The summed E-state index contributed by atoms with van der Waals surface area (Å²) in [6, 6.07) is 6.62. The average molecular weight is 298 g/mol. The van der Waals surface area contributed by atoms with Crippen molar-refractivity contribution in [3.05, 3.63) is 34.8 Å². The zero-order chi connectivity index (χ0) is 14.0. The molecule has 0 bridgehead atoms. The van der Waals surface area contributed by atoms with Gasteiger partial charge in [-0.05, 0) is 12.1 Å². The summed E-state index contributed by atoms with van der Waals surface area (Å²) in [5.74, 6) is -0.254. The Morgan fingerprint density at radius 2 is 1.95 bits per heavy atom. The van der Waals surface area contributed by atoms with Gasteiger partial charge in [-0.15, -0.1) is 10.2 Å². The Morgan fingerprint density at radius 1 is 1.26 bits per heavy atom. The van der Waals surface area contributed by atoms with Gasteiger partial charge in [-0.2, -0.15) is 0 Å². The molecule has 100 valence electrons. The van der Waals surface area contributed by atoms with Crippen LogP contribution in [0.2, 0.25) is 0 Å². The van der Waals surface area contributed by atoms with Crippen LogP contribution in [0.25, 0.3) is 0 Å². The van der Waals surface area contributed by atoms with Gasteiger partial charge in [0, 0.05) is 11.3 Å². The van der Waals surface area contributed by atoms with Crippen LogP contribution < -0.4 is 10.9 Å². The summed E-state index contributed by atoms with van der Waals surface area (Å²) in [4.78, 5) is 12.0. The van der Waals surface area contributed by atoms with E-state index in [1.165, 1.54) is 0 Å². The van der Waals surface area contributed by atoms with Crippen LogP contribution in [0.5, 0.6) is 0 Å². The molecule has 9 heteroatoms. The molecule has 0 aliphatic carbocycles. The number of Topliss-reactive ketones (excluding diaryl/α,β-unsaturated/α-hetero) is 1. The molecule has 0 unspecified atom stereocenters. The molecule has 2 aromatic rings. The minimum Gasteiger partial charge on any atom is -0.398 e. The lowest BCUT2D eigenvalue weighted by Crippen LogP contribution is -2.11. The normalized spacial score (nSPS) is 11.4. The molecule has 0 atom stereocenters. The van der Waals surface area contributed by atoms with Crippen molar-refractivity contribution in [2.75, 3.05) is 5.73 Å². The van der Waals surface area contributed by atoms with Crippen LogP contribution in [0, 0.1) is 0 Å². The van der Waals surface area contributed by atoms with Gasteiger partial charge in [0.25, 0.3) is 10.0 Å². The molecule has 0 saturated carbocycles. The maximum atomic E-state index is 12.0. The molecule has 1 aromatic heterocycles. The van der Waals surface area contributed by atoms with Crippen LogP contribution in [-0.2, 0) is 16.4 Å². The number of aromatic nitrogens is 2. The number of hydrogen-bond donors (Lipinski definition) is 2. The first-order valence-electron chi connectivity index (χ1n) is 5.11. The summed E-state index contributed by atoms with van der Waals surface area (Å²) in [6.45, 7) is 0.